The highest BCUT2D eigenvalue weighted by atomic mass is 31.2. The maximum atomic E-state index is 11.7. The molecule has 0 aliphatic heterocycles. The Morgan fingerprint density at radius 3 is 2.08 bits per heavy atom. The average molecular weight is 192 g/mol. The second-order valence-corrected chi connectivity index (χ2v) is 6.76. The minimum Gasteiger partial charge on any atom is -0.326 e. The molecule has 0 N–H and O–H groups in total. The van der Waals surface area contributed by atoms with E-state index in [9.17, 15) is 4.57 Å². The summed E-state index contributed by atoms with van der Waals surface area (Å²) in [6.45, 7) is 9.84. The molecule has 0 rings (SSSR count). The van der Waals surface area contributed by atoms with Gasteiger partial charge >= 0.3 is 0 Å². The summed E-state index contributed by atoms with van der Waals surface area (Å²) in [5.41, 5.74) is 0. The van der Waals surface area contributed by atoms with Crippen LogP contribution in [0.25, 0.3) is 0 Å². The molecule has 0 aromatic carbocycles. The van der Waals surface area contributed by atoms with E-state index in [1.165, 1.54) is 0 Å². The van der Waals surface area contributed by atoms with Crippen molar-refractivity contribution < 1.29 is 9.09 Å². The molecule has 1 unspecified atom stereocenters. The maximum Gasteiger partial charge on any atom is 0.200 e. The molecule has 3 heteroatoms. The van der Waals surface area contributed by atoms with E-state index in [4.69, 9.17) is 4.52 Å². The van der Waals surface area contributed by atoms with E-state index in [2.05, 4.69) is 13.8 Å². The molecule has 0 amide bonds. The van der Waals surface area contributed by atoms with Crippen LogP contribution < -0.4 is 0 Å². The van der Waals surface area contributed by atoms with Crippen molar-refractivity contribution in [3.8, 4) is 0 Å². The molecule has 0 fully saturated rings. The molecule has 0 bridgehead atoms. The van der Waals surface area contributed by atoms with Crippen LogP contribution in [0.15, 0.2) is 0 Å². The maximum absolute atomic E-state index is 11.7. The Balaban J connectivity index is 3.80. The average Bonchev–Trinajstić information content (AvgIpc) is 1.81. The highest BCUT2D eigenvalue weighted by Gasteiger charge is 2.17. The number of hydrogen-bond donors (Lipinski definition) is 0. The minimum atomic E-state index is -2.30. The van der Waals surface area contributed by atoms with Gasteiger partial charge in [0.2, 0.25) is 0 Å². The van der Waals surface area contributed by atoms with Crippen molar-refractivity contribution in [2.45, 2.75) is 40.2 Å². The molecule has 0 heterocycles. The molecule has 0 saturated carbocycles. The van der Waals surface area contributed by atoms with Gasteiger partial charge in [-0.1, -0.05) is 13.8 Å². The highest BCUT2D eigenvalue weighted by molar-refractivity contribution is 7.58. The Bertz CT molecular complexity index is 164. The van der Waals surface area contributed by atoms with Crippen LogP contribution in [0.3, 0.4) is 0 Å². The second kappa shape index (κ2) is 5.04. The van der Waals surface area contributed by atoms with Crippen LogP contribution in [0.5, 0.6) is 0 Å². The first-order chi connectivity index (χ1) is 5.33. The van der Waals surface area contributed by atoms with Crippen molar-refractivity contribution >= 4 is 7.37 Å². The van der Waals surface area contributed by atoms with Crippen molar-refractivity contribution in [1.82, 2.24) is 0 Å². The molecule has 2 nitrogen and oxygen atoms in total. The van der Waals surface area contributed by atoms with E-state index in [0.717, 1.165) is 6.42 Å². The first-order valence-corrected chi connectivity index (χ1v) is 6.84. The zero-order valence-electron chi connectivity index (χ0n) is 8.83. The van der Waals surface area contributed by atoms with Gasteiger partial charge in [0.15, 0.2) is 7.37 Å². The topological polar surface area (TPSA) is 26.3 Å². The number of rotatable bonds is 5. The SMILES string of the molecule is CC(C)CCP(C)(=O)OC(C)C. The molecular weight excluding hydrogens is 171 g/mol. The summed E-state index contributed by atoms with van der Waals surface area (Å²) in [5.74, 6) is 0.606. The van der Waals surface area contributed by atoms with Crippen molar-refractivity contribution in [3.63, 3.8) is 0 Å². The lowest BCUT2D eigenvalue weighted by molar-refractivity contribution is 0.245. The fraction of sp³-hybridized carbons (Fsp3) is 1.00. The number of hydrogen-bond acceptors (Lipinski definition) is 2. The van der Waals surface area contributed by atoms with Crippen molar-refractivity contribution in [1.29, 1.82) is 0 Å². The summed E-state index contributed by atoms with van der Waals surface area (Å²) in [6.07, 6.45) is 1.77. The van der Waals surface area contributed by atoms with Gasteiger partial charge in [0, 0.05) is 12.8 Å². The third-order valence-corrected chi connectivity index (χ3v) is 3.48. The molecule has 74 valence electrons. The summed E-state index contributed by atoms with van der Waals surface area (Å²) in [5, 5.41) is 0. The van der Waals surface area contributed by atoms with E-state index < -0.39 is 7.37 Å². The highest BCUT2D eigenvalue weighted by Crippen LogP contribution is 2.44. The van der Waals surface area contributed by atoms with Gasteiger partial charge in [0.05, 0.1) is 6.10 Å². The van der Waals surface area contributed by atoms with Crippen LogP contribution in [-0.4, -0.2) is 18.9 Å². The zero-order valence-corrected chi connectivity index (χ0v) is 9.73. The van der Waals surface area contributed by atoms with Crippen LogP contribution in [-0.2, 0) is 9.09 Å². The van der Waals surface area contributed by atoms with E-state index in [0.29, 0.717) is 12.1 Å². The molecular formula is C9H21O2P. The van der Waals surface area contributed by atoms with Crippen molar-refractivity contribution in [3.05, 3.63) is 0 Å². The molecule has 0 aliphatic carbocycles. The monoisotopic (exact) mass is 192 g/mol. The lowest BCUT2D eigenvalue weighted by Gasteiger charge is -2.17. The molecule has 0 aromatic heterocycles. The predicted molar refractivity (Wildman–Crippen MR) is 54.1 cm³/mol. The molecule has 0 saturated heterocycles. The third kappa shape index (κ3) is 6.87. The minimum absolute atomic E-state index is 0.0768. The summed E-state index contributed by atoms with van der Waals surface area (Å²) in [7, 11) is -2.30. The molecule has 0 radical (unpaired) electrons. The Morgan fingerprint density at radius 1 is 1.25 bits per heavy atom. The van der Waals surface area contributed by atoms with Gasteiger partial charge in [-0.15, -0.1) is 0 Å². The zero-order chi connectivity index (χ0) is 9.78. The van der Waals surface area contributed by atoms with Crippen molar-refractivity contribution in [2.24, 2.45) is 5.92 Å². The van der Waals surface area contributed by atoms with E-state index >= 15 is 0 Å². The summed E-state index contributed by atoms with van der Waals surface area (Å²) >= 11 is 0. The van der Waals surface area contributed by atoms with Crippen LogP contribution in [0.1, 0.15) is 34.1 Å². The molecule has 12 heavy (non-hydrogen) atoms. The Kier molecular flexibility index (Phi) is 5.12. The first-order valence-electron chi connectivity index (χ1n) is 4.58. The first kappa shape index (κ1) is 12.2. The van der Waals surface area contributed by atoms with Crippen molar-refractivity contribution in [2.75, 3.05) is 12.8 Å². The molecule has 1 atom stereocenters. The fourth-order valence-electron chi connectivity index (χ4n) is 0.991. The summed E-state index contributed by atoms with van der Waals surface area (Å²) in [4.78, 5) is 0. The van der Waals surface area contributed by atoms with Gasteiger partial charge in [0.1, 0.15) is 0 Å². The van der Waals surface area contributed by atoms with Crippen LogP contribution >= 0.6 is 7.37 Å². The fourth-order valence-corrected chi connectivity index (χ4v) is 2.97. The van der Waals surface area contributed by atoms with E-state index in [1.54, 1.807) is 6.66 Å². The second-order valence-electron chi connectivity index (χ2n) is 4.07. The smallest absolute Gasteiger partial charge is 0.200 e. The summed E-state index contributed by atoms with van der Waals surface area (Å²) in [6, 6.07) is 0. The van der Waals surface area contributed by atoms with Gasteiger partial charge in [0.25, 0.3) is 0 Å². The van der Waals surface area contributed by atoms with E-state index in [1.807, 2.05) is 13.8 Å². The molecule has 0 aliphatic rings. The van der Waals surface area contributed by atoms with Crippen LogP contribution in [0, 0.1) is 5.92 Å². The third-order valence-electron chi connectivity index (χ3n) is 1.55. The summed E-state index contributed by atoms with van der Waals surface area (Å²) < 4.78 is 17.1. The van der Waals surface area contributed by atoms with Gasteiger partial charge in [-0.25, -0.2) is 0 Å². The standard InChI is InChI=1S/C9H21O2P/c1-8(2)6-7-12(5,10)11-9(3)4/h8-9H,6-7H2,1-5H3. The Morgan fingerprint density at radius 2 is 1.75 bits per heavy atom. The lowest BCUT2D eigenvalue weighted by atomic mass is 10.2. The van der Waals surface area contributed by atoms with Gasteiger partial charge < -0.3 is 4.52 Å². The molecule has 0 aromatic rings. The Labute approximate surface area is 76.1 Å². The van der Waals surface area contributed by atoms with Crippen LogP contribution in [0.4, 0.5) is 0 Å². The van der Waals surface area contributed by atoms with Gasteiger partial charge in [-0.3, -0.25) is 4.57 Å². The molecule has 0 spiro atoms. The van der Waals surface area contributed by atoms with Crippen LogP contribution in [0.2, 0.25) is 0 Å². The van der Waals surface area contributed by atoms with Gasteiger partial charge in [-0.2, -0.15) is 0 Å². The Hall–Kier alpha value is 0.190. The lowest BCUT2D eigenvalue weighted by Crippen LogP contribution is -2.04. The van der Waals surface area contributed by atoms with Gasteiger partial charge in [-0.05, 0) is 26.2 Å². The normalized spacial score (nSPS) is 16.9. The largest absolute Gasteiger partial charge is 0.326 e. The quantitative estimate of drug-likeness (QED) is 0.624. The predicted octanol–water partition coefficient (Wildman–Crippen LogP) is 3.37. The van der Waals surface area contributed by atoms with E-state index in [-0.39, 0.29) is 6.10 Å².